The highest BCUT2D eigenvalue weighted by atomic mass is 32.2. The summed E-state index contributed by atoms with van der Waals surface area (Å²) in [6, 6.07) is 9.57. The van der Waals surface area contributed by atoms with Crippen molar-refractivity contribution in [2.24, 2.45) is 0 Å². The van der Waals surface area contributed by atoms with E-state index in [1.54, 1.807) is 22.5 Å². The van der Waals surface area contributed by atoms with Gasteiger partial charge in [0.2, 0.25) is 16.8 Å². The molecule has 0 unspecified atom stereocenters. The number of fused-ring (bicyclic) bond motifs is 3. The first kappa shape index (κ1) is 23.5. The summed E-state index contributed by atoms with van der Waals surface area (Å²) in [7, 11) is -1.40. The maximum atomic E-state index is 13.5. The Labute approximate surface area is 202 Å². The van der Waals surface area contributed by atoms with Crippen LogP contribution >= 0.6 is 0 Å². The molecule has 5 rings (SSSR count). The molecule has 3 aliphatic heterocycles. The topological polar surface area (TPSA) is 68.3 Å². The number of aryl methyl sites for hydroxylation is 1. The van der Waals surface area contributed by atoms with Crippen LogP contribution in [0.3, 0.4) is 0 Å². The lowest BCUT2D eigenvalue weighted by molar-refractivity contribution is 0.174. The Balaban J connectivity index is 1.30. The number of nitrogens with zero attached hydrogens (tertiary/aromatic N) is 2. The average molecular weight is 487 g/mol. The standard InChI is InChI=1S/C26H34N2O5S/c1-27-11-5-6-13-28(34(29,30)23-8-9-24-21(15-23)10-14-31-24)12-4-2-3-7-20-16-25-26(33-19-32-25)17-22(20)18-27/h8-9,15-17H,2-7,10-14,18-19H2,1H3. The van der Waals surface area contributed by atoms with Crippen molar-refractivity contribution in [2.45, 2.75) is 56.4 Å². The van der Waals surface area contributed by atoms with Gasteiger partial charge in [0, 0.05) is 26.1 Å². The lowest BCUT2D eigenvalue weighted by Crippen LogP contribution is -2.33. The molecule has 0 aromatic heterocycles. The number of ether oxygens (including phenoxy) is 3. The molecule has 0 spiro atoms. The van der Waals surface area contributed by atoms with Gasteiger partial charge in [0.1, 0.15) is 5.75 Å². The molecule has 0 N–H and O–H groups in total. The van der Waals surface area contributed by atoms with Gasteiger partial charge < -0.3 is 19.1 Å². The highest BCUT2D eigenvalue weighted by Crippen LogP contribution is 2.36. The van der Waals surface area contributed by atoms with Gasteiger partial charge in [-0.3, -0.25) is 0 Å². The Morgan fingerprint density at radius 2 is 1.47 bits per heavy atom. The van der Waals surface area contributed by atoms with Gasteiger partial charge in [0.15, 0.2) is 11.5 Å². The zero-order valence-electron chi connectivity index (χ0n) is 19.9. The van der Waals surface area contributed by atoms with Gasteiger partial charge >= 0.3 is 0 Å². The van der Waals surface area contributed by atoms with E-state index in [4.69, 9.17) is 14.2 Å². The van der Waals surface area contributed by atoms with Crippen molar-refractivity contribution in [2.75, 3.05) is 40.1 Å². The summed E-state index contributed by atoms with van der Waals surface area (Å²) in [6.07, 6.45) is 6.36. The van der Waals surface area contributed by atoms with E-state index in [9.17, 15) is 8.42 Å². The Morgan fingerprint density at radius 1 is 0.735 bits per heavy atom. The van der Waals surface area contributed by atoms with E-state index in [1.165, 1.54) is 11.1 Å². The van der Waals surface area contributed by atoms with Crippen molar-refractivity contribution >= 4 is 10.0 Å². The number of rotatable bonds is 2. The molecule has 0 saturated heterocycles. The van der Waals surface area contributed by atoms with E-state index < -0.39 is 10.0 Å². The number of benzene rings is 2. The van der Waals surface area contributed by atoms with Gasteiger partial charge in [-0.05, 0) is 92.7 Å². The molecule has 34 heavy (non-hydrogen) atoms. The molecule has 3 heterocycles. The third-order valence-electron chi connectivity index (χ3n) is 6.98. The van der Waals surface area contributed by atoms with Crippen LogP contribution in [-0.4, -0.2) is 57.7 Å². The first-order valence-corrected chi connectivity index (χ1v) is 13.8. The maximum Gasteiger partial charge on any atom is 0.243 e. The second kappa shape index (κ2) is 10.1. The van der Waals surface area contributed by atoms with E-state index in [-0.39, 0.29) is 6.79 Å². The van der Waals surface area contributed by atoms with Gasteiger partial charge in [-0.2, -0.15) is 4.31 Å². The summed E-state index contributed by atoms with van der Waals surface area (Å²) in [4.78, 5) is 2.70. The normalized spacial score (nSPS) is 20.3. The summed E-state index contributed by atoms with van der Waals surface area (Å²) in [5.74, 6) is 2.48. The SMILES string of the molecule is CN1CCCCN(S(=O)(=O)c2ccc3c(c2)CCO3)CCCCCc2cc3c(cc2C1)OCO3. The smallest absolute Gasteiger partial charge is 0.243 e. The Hall–Kier alpha value is -2.29. The van der Waals surface area contributed by atoms with Crippen LogP contribution in [-0.2, 0) is 29.4 Å². The van der Waals surface area contributed by atoms with E-state index in [0.717, 1.165) is 80.8 Å². The van der Waals surface area contributed by atoms with Gasteiger partial charge in [0.25, 0.3) is 0 Å². The molecule has 8 heteroatoms. The van der Waals surface area contributed by atoms with Gasteiger partial charge in [0.05, 0.1) is 11.5 Å². The summed E-state index contributed by atoms with van der Waals surface area (Å²) >= 11 is 0. The molecular formula is C26H34N2O5S. The van der Waals surface area contributed by atoms with E-state index in [1.807, 2.05) is 0 Å². The Bertz CT molecular complexity index is 1130. The third kappa shape index (κ3) is 5.04. The Kier molecular flexibility index (Phi) is 6.99. The predicted octanol–water partition coefficient (Wildman–Crippen LogP) is 3.98. The maximum absolute atomic E-state index is 13.5. The molecule has 184 valence electrons. The number of hydrogen-bond donors (Lipinski definition) is 0. The molecule has 0 aliphatic carbocycles. The molecule has 0 atom stereocenters. The summed E-state index contributed by atoms with van der Waals surface area (Å²) in [5.41, 5.74) is 3.59. The predicted molar refractivity (Wildman–Crippen MR) is 130 cm³/mol. The van der Waals surface area contributed by atoms with Crippen molar-refractivity contribution < 1.29 is 22.6 Å². The minimum atomic E-state index is -3.52. The largest absolute Gasteiger partial charge is 0.493 e. The van der Waals surface area contributed by atoms with Crippen molar-refractivity contribution in [3.8, 4) is 17.2 Å². The quantitative estimate of drug-likeness (QED) is 0.640. The van der Waals surface area contributed by atoms with Crippen LogP contribution in [0.15, 0.2) is 35.2 Å². The van der Waals surface area contributed by atoms with Crippen LogP contribution in [0.2, 0.25) is 0 Å². The molecular weight excluding hydrogens is 452 g/mol. The van der Waals surface area contributed by atoms with Crippen LogP contribution in [0.4, 0.5) is 0 Å². The lowest BCUT2D eigenvalue weighted by Gasteiger charge is -2.24. The molecule has 0 radical (unpaired) electrons. The molecule has 2 aromatic rings. The molecule has 0 amide bonds. The highest BCUT2D eigenvalue weighted by Gasteiger charge is 2.26. The minimum absolute atomic E-state index is 0.287. The van der Waals surface area contributed by atoms with Gasteiger partial charge in [-0.25, -0.2) is 8.42 Å². The molecule has 7 nitrogen and oxygen atoms in total. The summed E-state index contributed by atoms with van der Waals surface area (Å²) in [5, 5.41) is 0. The van der Waals surface area contributed by atoms with E-state index >= 15 is 0 Å². The fraction of sp³-hybridized carbons (Fsp3) is 0.538. The van der Waals surface area contributed by atoms with E-state index in [2.05, 4.69) is 24.1 Å². The van der Waals surface area contributed by atoms with Crippen molar-refractivity contribution in [1.29, 1.82) is 0 Å². The van der Waals surface area contributed by atoms with Crippen molar-refractivity contribution in [3.05, 3.63) is 47.0 Å². The first-order valence-electron chi connectivity index (χ1n) is 12.4. The van der Waals surface area contributed by atoms with Crippen LogP contribution in [0.5, 0.6) is 17.2 Å². The molecule has 0 bridgehead atoms. The molecule has 2 aromatic carbocycles. The first-order chi connectivity index (χ1) is 16.5. The molecule has 0 saturated carbocycles. The summed E-state index contributed by atoms with van der Waals surface area (Å²) in [6.45, 7) is 3.79. The second-order valence-corrected chi connectivity index (χ2v) is 11.4. The van der Waals surface area contributed by atoms with Crippen molar-refractivity contribution in [1.82, 2.24) is 9.21 Å². The van der Waals surface area contributed by atoms with Crippen LogP contribution in [0.1, 0.15) is 48.8 Å². The monoisotopic (exact) mass is 486 g/mol. The second-order valence-electron chi connectivity index (χ2n) is 9.50. The van der Waals surface area contributed by atoms with Crippen LogP contribution in [0.25, 0.3) is 0 Å². The summed E-state index contributed by atoms with van der Waals surface area (Å²) < 4.78 is 45.5. The van der Waals surface area contributed by atoms with E-state index in [0.29, 0.717) is 24.6 Å². The number of sulfonamides is 1. The number of hydrogen-bond acceptors (Lipinski definition) is 6. The third-order valence-corrected chi connectivity index (χ3v) is 8.88. The van der Waals surface area contributed by atoms with Crippen LogP contribution in [0, 0.1) is 0 Å². The zero-order chi connectivity index (χ0) is 23.5. The fourth-order valence-corrected chi connectivity index (χ4v) is 6.62. The zero-order valence-corrected chi connectivity index (χ0v) is 20.7. The van der Waals surface area contributed by atoms with Crippen LogP contribution < -0.4 is 14.2 Å². The average Bonchev–Trinajstić information content (AvgIpc) is 3.48. The highest BCUT2D eigenvalue weighted by molar-refractivity contribution is 7.89. The van der Waals surface area contributed by atoms with Gasteiger partial charge in [-0.1, -0.05) is 6.42 Å². The van der Waals surface area contributed by atoms with Gasteiger partial charge in [-0.15, -0.1) is 0 Å². The molecule has 0 fully saturated rings. The molecule has 3 aliphatic rings. The van der Waals surface area contributed by atoms with Crippen molar-refractivity contribution in [3.63, 3.8) is 0 Å². The Morgan fingerprint density at radius 3 is 2.29 bits per heavy atom. The minimum Gasteiger partial charge on any atom is -0.493 e. The lowest BCUT2D eigenvalue weighted by atomic mass is 9.99. The fourth-order valence-electron chi connectivity index (χ4n) is 5.05.